The van der Waals surface area contributed by atoms with E-state index in [9.17, 15) is 49.4 Å². The molecule has 0 aromatic carbocycles. The van der Waals surface area contributed by atoms with Gasteiger partial charge in [-0.15, -0.1) is 6.42 Å². The van der Waals surface area contributed by atoms with Crippen LogP contribution in [0.4, 0.5) is 52.7 Å². The van der Waals surface area contributed by atoms with Gasteiger partial charge in [0, 0.05) is 84.2 Å². The summed E-state index contributed by atoms with van der Waals surface area (Å²) < 4.78 is 229. The van der Waals surface area contributed by atoms with Crippen molar-refractivity contribution in [2.45, 2.75) is 285 Å². The number of rotatable bonds is 6. The van der Waals surface area contributed by atoms with Crippen molar-refractivity contribution >= 4 is 6.29 Å². The SMILES string of the molecule is C#CCO[C@@]1(C(F)(F)F)O[C@@H]2O[C@]3(C)CCC4[C@H](C)CC[C@@H]([C@H]1C)[C@]42OO3.C[C@@H]1CC[C@H]2C(C(O)C#CCO[C@@]3(C(F)(F)F)O[C@@H]4O[C@]5(C)CCC6[C@H](C)CC[C@@H]([C@H]3C)[C@]64OO5)=C(C(F)(F)F)O[C@@H]3O[C@@]4(C)CCC1[C@]32OO4.C[C@@H]1CC[C@H]2C(C=O)=C(C(F)(F)F)O[C@@H]3O[C@]4(C)CCC1[C@]32OO4. The standard InChI is InChI=1S/C35H44F6O10.C19H25F3O5.C16H19F3O5/c1-17-8-10-22-19(3)33(35(39,40)41,47-28-31(22)20(17)12-15-30(5,46-28)49-50-31)43-16-6-7-24(42)25-23-11-9-18(2)21-13-14-29(4)45-27(32(21,23)51-48-29)44-26(25)34(36,37)38;1-5-10-23-18(19(20,21)22)12(3)14-7-6-11(2)13-8-9-16(4)24-15(25-18)17(13,14)27-26-16;1-8-3-4-11-9(7-20)12(16(17,18)19)21-13-15(11)10(8)5-6-14(2,22-13)23-24-15/h17-24,27-28,42H,8-16H2,1-5H3;1,11-15H,6-10H2,2-4H3;7-8,10-11,13H,3-6H2,1-2H3/t17-,18-,19-,20?,21?,22+,23+,24?,27-,28+,29-,30+,31-,32-,33-;11-,12-,13?,14+,15+,16+,17-,18-;8-,10?,11+,13-,14+,15-/m111/s1. The number of terminal acetylenes is 1. The number of halogens is 12. The molecule has 0 amide bonds. The van der Waals surface area contributed by atoms with Gasteiger partial charge in [0.1, 0.15) is 25.6 Å². The van der Waals surface area contributed by atoms with Gasteiger partial charge < -0.3 is 52.5 Å². The molecule has 14 saturated heterocycles. The Kier molecular flexibility index (Phi) is 18.6. The topological polar surface area (TPSA) is 203 Å². The second-order valence-corrected chi connectivity index (χ2v) is 32.1. The Labute approximate surface area is 581 Å². The molecule has 29 atom stereocenters. The number of carbonyl (C=O) groups excluding carboxylic acids is 1. The molecule has 4 spiro atoms. The molecule has 32 heteroatoms. The highest BCUT2D eigenvalue weighted by Gasteiger charge is 2.81. The summed E-state index contributed by atoms with van der Waals surface area (Å²) in [6, 6.07) is 0. The zero-order valence-corrected chi connectivity index (χ0v) is 58.1. The Morgan fingerprint density at radius 2 is 0.814 bits per heavy atom. The number of alkyl halides is 12. The maximum Gasteiger partial charge on any atom is 0.449 e. The van der Waals surface area contributed by atoms with Gasteiger partial charge in [0.05, 0.1) is 0 Å². The van der Waals surface area contributed by atoms with Crippen LogP contribution in [0.1, 0.15) is 172 Å². The van der Waals surface area contributed by atoms with Crippen LogP contribution in [0.3, 0.4) is 0 Å². The zero-order chi connectivity index (χ0) is 73.6. The highest BCUT2D eigenvalue weighted by atomic mass is 19.4. The van der Waals surface area contributed by atoms with E-state index < -0.39 is 184 Å². The summed E-state index contributed by atoms with van der Waals surface area (Å²) in [7, 11) is 0. The molecule has 20 nitrogen and oxygen atoms in total. The van der Waals surface area contributed by atoms with Crippen LogP contribution in [-0.4, -0.2) is 138 Å². The highest BCUT2D eigenvalue weighted by Crippen LogP contribution is 2.69. The second kappa shape index (κ2) is 25.2. The smallest absolute Gasteiger partial charge is 0.449 e. The molecule has 572 valence electrons. The van der Waals surface area contributed by atoms with Crippen molar-refractivity contribution in [2.24, 2.45) is 82.9 Å². The first-order valence-corrected chi connectivity index (χ1v) is 35.6. The van der Waals surface area contributed by atoms with Gasteiger partial charge in [0.25, 0.3) is 11.6 Å². The van der Waals surface area contributed by atoms with Crippen molar-refractivity contribution in [3.05, 3.63) is 22.7 Å². The summed E-state index contributed by atoms with van der Waals surface area (Å²) >= 11 is 0. The number of allylic oxidation sites excluding steroid dienone is 2. The maximum atomic E-state index is 15.2. The molecule has 20 rings (SSSR count). The van der Waals surface area contributed by atoms with Gasteiger partial charge >= 0.3 is 24.7 Å². The first-order chi connectivity index (χ1) is 47.6. The van der Waals surface area contributed by atoms with Crippen LogP contribution in [0, 0.1) is 107 Å². The van der Waals surface area contributed by atoms with Crippen LogP contribution < -0.4 is 0 Å². The third-order valence-corrected chi connectivity index (χ3v) is 26.4. The van der Waals surface area contributed by atoms with E-state index in [1.165, 1.54) is 13.8 Å². The minimum absolute atomic E-state index is 0.00959. The predicted molar refractivity (Wildman–Crippen MR) is 318 cm³/mol. The largest absolute Gasteiger partial charge is 0.456 e. The summed E-state index contributed by atoms with van der Waals surface area (Å²) in [5.41, 5.74) is -6.07. The molecule has 0 radical (unpaired) electrons. The third-order valence-electron chi connectivity index (χ3n) is 26.4. The predicted octanol–water partition coefficient (Wildman–Crippen LogP) is 13.6. The van der Waals surface area contributed by atoms with Crippen molar-refractivity contribution in [1.29, 1.82) is 0 Å². The lowest BCUT2D eigenvalue weighted by atomic mass is 9.57. The fourth-order valence-corrected chi connectivity index (χ4v) is 21.3. The van der Waals surface area contributed by atoms with Gasteiger partial charge in [-0.3, -0.25) is 4.79 Å². The average molecular weight is 1480 g/mol. The molecule has 20 aliphatic rings. The van der Waals surface area contributed by atoms with Crippen molar-refractivity contribution in [1.82, 2.24) is 0 Å². The van der Waals surface area contributed by atoms with E-state index in [0.717, 1.165) is 12.8 Å². The lowest BCUT2D eigenvalue weighted by Crippen LogP contribution is -2.76. The summed E-state index contributed by atoms with van der Waals surface area (Å²) in [5.74, 6) is -12.4. The van der Waals surface area contributed by atoms with Crippen molar-refractivity contribution in [2.75, 3.05) is 13.2 Å². The van der Waals surface area contributed by atoms with Crippen LogP contribution in [0.2, 0.25) is 0 Å². The lowest BCUT2D eigenvalue weighted by molar-refractivity contribution is -0.598. The van der Waals surface area contributed by atoms with E-state index >= 15 is 13.2 Å². The van der Waals surface area contributed by atoms with E-state index in [0.29, 0.717) is 83.5 Å². The maximum absolute atomic E-state index is 15.2. The first kappa shape index (κ1) is 75.2. The minimum Gasteiger partial charge on any atom is -0.456 e. The highest BCUT2D eigenvalue weighted by molar-refractivity contribution is 5.76. The Hall–Kier alpha value is -3.65. The van der Waals surface area contributed by atoms with E-state index in [1.807, 2.05) is 20.8 Å². The number of hydrogen-bond donors (Lipinski definition) is 1. The number of aliphatic hydroxyl groups is 1. The number of carbonyl (C=O) groups is 1. The summed E-state index contributed by atoms with van der Waals surface area (Å²) in [6.07, 6.45) is -13.3. The molecule has 1 N–H and O–H groups in total. The van der Waals surface area contributed by atoms with Gasteiger partial charge in [0.15, 0.2) is 35.0 Å². The Balaban J connectivity index is 0.000000144. The molecular weight excluding hydrogens is 1390 g/mol. The lowest BCUT2D eigenvalue weighted by Gasteiger charge is -2.62. The summed E-state index contributed by atoms with van der Waals surface area (Å²) in [5, 5.41) is 11.4. The fourth-order valence-electron chi connectivity index (χ4n) is 21.3. The van der Waals surface area contributed by atoms with E-state index in [1.54, 1.807) is 27.7 Å². The first-order valence-electron chi connectivity index (χ1n) is 35.6. The third kappa shape index (κ3) is 11.2. The summed E-state index contributed by atoms with van der Waals surface area (Å²) in [6.45, 7) is 16.0. The van der Waals surface area contributed by atoms with E-state index in [4.69, 9.17) is 92.9 Å². The van der Waals surface area contributed by atoms with Gasteiger partial charge in [-0.05, 0) is 140 Å². The van der Waals surface area contributed by atoms with Gasteiger partial charge in [0.2, 0.25) is 47.2 Å². The quantitative estimate of drug-likeness (QED) is 0.114. The van der Waals surface area contributed by atoms with Crippen LogP contribution >= 0.6 is 0 Å². The zero-order valence-electron chi connectivity index (χ0n) is 58.1. The van der Waals surface area contributed by atoms with Crippen molar-refractivity contribution in [3.8, 4) is 24.2 Å². The Morgan fingerprint density at radius 1 is 0.461 bits per heavy atom. The minimum atomic E-state index is -5.08. The number of aliphatic hydroxyl groups excluding tert-OH is 1. The van der Waals surface area contributed by atoms with E-state index in [-0.39, 0.29) is 60.1 Å². The second-order valence-electron chi connectivity index (χ2n) is 32.1. The molecule has 0 aromatic rings. The number of hydrogen-bond acceptors (Lipinski definition) is 20. The van der Waals surface area contributed by atoms with Gasteiger partial charge in [-0.2, -0.15) is 52.7 Å². The molecule has 4 aliphatic carbocycles. The van der Waals surface area contributed by atoms with Crippen LogP contribution in [0.5, 0.6) is 0 Å². The molecule has 4 saturated carbocycles. The average Bonchev–Trinajstić information content (AvgIpc) is 1.25. The number of aldehydes is 1. The number of ether oxygens (including phenoxy) is 10. The van der Waals surface area contributed by atoms with Gasteiger partial charge in [-0.25, -0.2) is 39.1 Å². The van der Waals surface area contributed by atoms with Crippen LogP contribution in [0.25, 0.3) is 0 Å². The van der Waals surface area contributed by atoms with Crippen LogP contribution in [-0.2, 0) is 91.3 Å². The summed E-state index contributed by atoms with van der Waals surface area (Å²) in [4.78, 5) is 57.4. The molecule has 5 unspecified atom stereocenters. The molecule has 16 aliphatic heterocycles. The van der Waals surface area contributed by atoms with E-state index in [2.05, 4.69) is 24.7 Å². The molecule has 18 fully saturated rings. The molecule has 8 bridgehead atoms. The van der Waals surface area contributed by atoms with Crippen molar-refractivity contribution < 1.29 is 149 Å². The molecule has 16 heterocycles. The monoisotopic (exact) mass is 1480 g/mol. The van der Waals surface area contributed by atoms with Crippen molar-refractivity contribution in [3.63, 3.8) is 0 Å². The molecule has 0 aromatic heterocycles. The van der Waals surface area contributed by atoms with Crippen LogP contribution in [0.15, 0.2) is 22.7 Å². The molecule has 102 heavy (non-hydrogen) atoms. The Morgan fingerprint density at radius 3 is 1.21 bits per heavy atom. The fraction of sp³-hybridized carbons (Fsp3) is 0.871. The molecular formula is C70H88F12O20. The Bertz CT molecular complexity index is 3410. The normalized spacial score (nSPS) is 50.5. The number of fused-ring (bicyclic) bond motifs is 8. The van der Waals surface area contributed by atoms with Gasteiger partial charge in [-0.1, -0.05) is 59.3 Å².